The lowest BCUT2D eigenvalue weighted by Gasteiger charge is -2.36. The van der Waals surface area contributed by atoms with Crippen molar-refractivity contribution < 1.29 is 22.7 Å². The van der Waals surface area contributed by atoms with Crippen LogP contribution in [0.15, 0.2) is 54.7 Å². The molecule has 1 aliphatic heterocycles. The number of nitrogens with zero attached hydrogens (tertiary/aromatic N) is 1. The Morgan fingerprint density at radius 1 is 1.13 bits per heavy atom. The summed E-state index contributed by atoms with van der Waals surface area (Å²) in [5.41, 5.74) is 1.46. The van der Waals surface area contributed by atoms with Gasteiger partial charge in [-0.25, -0.2) is 0 Å². The number of amides is 1. The standard InChI is InChI=1S/C24H25F3N2O2/c1-15-13-29(14-16(2)31-15)23(30)11-20(17-6-5-7-18(10-17)24(25,26)27)21-12-28-22-9-4-3-8-19(21)22/h3-10,12,15-16,20,28H,11,13-14H2,1-2H3. The second-order valence-corrected chi connectivity index (χ2v) is 8.23. The van der Waals surface area contributed by atoms with Crippen molar-refractivity contribution in [1.29, 1.82) is 0 Å². The van der Waals surface area contributed by atoms with Gasteiger partial charge in [-0.3, -0.25) is 4.79 Å². The van der Waals surface area contributed by atoms with Crippen molar-refractivity contribution in [2.24, 2.45) is 0 Å². The van der Waals surface area contributed by atoms with E-state index in [-0.39, 0.29) is 24.5 Å². The van der Waals surface area contributed by atoms with Crippen molar-refractivity contribution in [3.05, 3.63) is 71.4 Å². The van der Waals surface area contributed by atoms with Crippen molar-refractivity contribution in [2.45, 2.75) is 44.6 Å². The summed E-state index contributed by atoms with van der Waals surface area (Å²) in [4.78, 5) is 18.2. The fraction of sp³-hybridized carbons (Fsp3) is 0.375. The highest BCUT2D eigenvalue weighted by Gasteiger charge is 2.33. The molecule has 2 aromatic carbocycles. The molecule has 2 heterocycles. The van der Waals surface area contributed by atoms with E-state index in [9.17, 15) is 18.0 Å². The maximum absolute atomic E-state index is 13.4. The Balaban J connectivity index is 1.72. The molecule has 31 heavy (non-hydrogen) atoms. The Bertz CT molecular complexity index is 1070. The van der Waals surface area contributed by atoms with Crippen molar-refractivity contribution in [2.75, 3.05) is 13.1 Å². The topological polar surface area (TPSA) is 45.3 Å². The Morgan fingerprint density at radius 2 is 1.84 bits per heavy atom. The molecule has 1 saturated heterocycles. The van der Waals surface area contributed by atoms with Crippen LogP contribution < -0.4 is 0 Å². The molecule has 0 aliphatic carbocycles. The summed E-state index contributed by atoms with van der Waals surface area (Å²) in [6.07, 6.45) is -2.71. The van der Waals surface area contributed by atoms with E-state index in [1.54, 1.807) is 17.2 Å². The lowest BCUT2D eigenvalue weighted by Crippen LogP contribution is -2.48. The minimum absolute atomic E-state index is 0.0761. The van der Waals surface area contributed by atoms with E-state index >= 15 is 0 Å². The number of aromatic amines is 1. The van der Waals surface area contributed by atoms with Crippen LogP contribution in [0.5, 0.6) is 0 Å². The van der Waals surface area contributed by atoms with Crippen molar-refractivity contribution in [1.82, 2.24) is 9.88 Å². The summed E-state index contributed by atoms with van der Waals surface area (Å²) in [6, 6.07) is 12.9. The van der Waals surface area contributed by atoms with Crippen LogP contribution in [0.3, 0.4) is 0 Å². The van der Waals surface area contributed by atoms with Crippen molar-refractivity contribution in [3.63, 3.8) is 0 Å². The van der Waals surface area contributed by atoms with Crippen LogP contribution in [0.1, 0.15) is 42.9 Å². The average molecular weight is 430 g/mol. The van der Waals surface area contributed by atoms with Crippen LogP contribution in [-0.4, -0.2) is 41.1 Å². The second kappa shape index (κ2) is 8.38. The molecule has 3 atom stereocenters. The third kappa shape index (κ3) is 4.61. The zero-order valence-corrected chi connectivity index (χ0v) is 17.4. The fourth-order valence-electron chi connectivity index (χ4n) is 4.41. The first-order chi connectivity index (χ1) is 14.7. The summed E-state index contributed by atoms with van der Waals surface area (Å²) >= 11 is 0. The summed E-state index contributed by atoms with van der Waals surface area (Å²) < 4.78 is 45.8. The summed E-state index contributed by atoms with van der Waals surface area (Å²) in [6.45, 7) is 4.79. The zero-order chi connectivity index (χ0) is 22.2. The van der Waals surface area contributed by atoms with Crippen LogP contribution in [0.4, 0.5) is 13.2 Å². The number of ether oxygens (including phenoxy) is 1. The normalized spacial score (nSPS) is 20.7. The molecule has 1 fully saturated rings. The Labute approximate surface area is 179 Å². The van der Waals surface area contributed by atoms with Crippen LogP contribution in [0, 0.1) is 0 Å². The van der Waals surface area contributed by atoms with E-state index in [2.05, 4.69) is 4.98 Å². The van der Waals surface area contributed by atoms with Crippen molar-refractivity contribution >= 4 is 16.8 Å². The van der Waals surface area contributed by atoms with E-state index < -0.39 is 17.7 Å². The average Bonchev–Trinajstić information content (AvgIpc) is 3.14. The summed E-state index contributed by atoms with van der Waals surface area (Å²) in [7, 11) is 0. The largest absolute Gasteiger partial charge is 0.416 e. The van der Waals surface area contributed by atoms with Crippen molar-refractivity contribution in [3.8, 4) is 0 Å². The SMILES string of the molecule is CC1CN(C(=O)CC(c2cccc(C(F)(F)F)c2)c2c[nH]c3ccccc23)CC(C)O1. The molecule has 0 radical (unpaired) electrons. The Hall–Kier alpha value is -2.80. The summed E-state index contributed by atoms with van der Waals surface area (Å²) in [5, 5.41) is 0.904. The first-order valence-electron chi connectivity index (χ1n) is 10.4. The van der Waals surface area contributed by atoms with Gasteiger partial charge in [0.2, 0.25) is 5.91 Å². The number of benzene rings is 2. The van der Waals surface area contributed by atoms with Gasteiger partial charge in [0.1, 0.15) is 0 Å². The first-order valence-corrected chi connectivity index (χ1v) is 10.4. The highest BCUT2D eigenvalue weighted by atomic mass is 19.4. The molecule has 1 aliphatic rings. The van der Waals surface area contributed by atoms with Gasteiger partial charge in [0.15, 0.2) is 0 Å². The van der Waals surface area contributed by atoms with Crippen LogP contribution in [0.25, 0.3) is 10.9 Å². The number of hydrogen-bond acceptors (Lipinski definition) is 2. The minimum atomic E-state index is -4.44. The lowest BCUT2D eigenvalue weighted by molar-refractivity contribution is -0.143. The van der Waals surface area contributed by atoms with Gasteiger partial charge >= 0.3 is 6.18 Å². The van der Waals surface area contributed by atoms with Gasteiger partial charge in [0, 0.05) is 42.5 Å². The van der Waals surface area contributed by atoms with E-state index in [1.807, 2.05) is 38.1 Å². The molecule has 4 nitrogen and oxygen atoms in total. The fourth-order valence-corrected chi connectivity index (χ4v) is 4.41. The molecule has 164 valence electrons. The first kappa shape index (κ1) is 21.4. The molecule has 7 heteroatoms. The molecular formula is C24H25F3N2O2. The highest BCUT2D eigenvalue weighted by Crippen LogP contribution is 2.37. The zero-order valence-electron chi connectivity index (χ0n) is 17.4. The van der Waals surface area contributed by atoms with Gasteiger partial charge < -0.3 is 14.6 Å². The molecule has 3 unspecified atom stereocenters. The molecule has 1 aromatic heterocycles. The van der Waals surface area contributed by atoms with E-state index in [1.165, 1.54) is 6.07 Å². The molecule has 0 spiro atoms. The number of aromatic nitrogens is 1. The molecule has 4 rings (SSSR count). The Kier molecular flexibility index (Phi) is 5.79. The van der Waals surface area contributed by atoms with Gasteiger partial charge in [-0.1, -0.05) is 36.4 Å². The smallest absolute Gasteiger partial charge is 0.372 e. The van der Waals surface area contributed by atoms with Gasteiger partial charge in [0.25, 0.3) is 0 Å². The van der Waals surface area contributed by atoms with E-state index in [0.717, 1.165) is 28.6 Å². The van der Waals surface area contributed by atoms with Gasteiger partial charge in [-0.2, -0.15) is 13.2 Å². The summed E-state index contributed by atoms with van der Waals surface area (Å²) in [5.74, 6) is -0.589. The number of nitrogens with one attached hydrogen (secondary N) is 1. The van der Waals surface area contributed by atoms with Gasteiger partial charge in [-0.05, 0) is 37.1 Å². The predicted molar refractivity (Wildman–Crippen MR) is 113 cm³/mol. The highest BCUT2D eigenvalue weighted by molar-refractivity contribution is 5.86. The van der Waals surface area contributed by atoms with E-state index in [4.69, 9.17) is 4.74 Å². The number of carbonyl (C=O) groups excluding carboxylic acids is 1. The third-order valence-corrected chi connectivity index (χ3v) is 5.76. The molecular weight excluding hydrogens is 405 g/mol. The van der Waals surface area contributed by atoms with Crippen LogP contribution in [0.2, 0.25) is 0 Å². The maximum atomic E-state index is 13.4. The van der Waals surface area contributed by atoms with Gasteiger partial charge in [-0.15, -0.1) is 0 Å². The number of fused-ring (bicyclic) bond motifs is 1. The van der Waals surface area contributed by atoms with E-state index in [0.29, 0.717) is 18.7 Å². The second-order valence-electron chi connectivity index (χ2n) is 8.23. The maximum Gasteiger partial charge on any atom is 0.416 e. The third-order valence-electron chi connectivity index (χ3n) is 5.76. The monoisotopic (exact) mass is 430 g/mol. The predicted octanol–water partition coefficient (Wildman–Crippen LogP) is 5.34. The lowest BCUT2D eigenvalue weighted by atomic mass is 9.87. The number of hydrogen-bond donors (Lipinski definition) is 1. The molecule has 3 aromatic rings. The molecule has 0 bridgehead atoms. The quantitative estimate of drug-likeness (QED) is 0.607. The number of alkyl halides is 3. The van der Waals surface area contributed by atoms with Gasteiger partial charge in [0.05, 0.1) is 17.8 Å². The minimum Gasteiger partial charge on any atom is -0.372 e. The Morgan fingerprint density at radius 3 is 2.55 bits per heavy atom. The van der Waals surface area contributed by atoms with Crippen LogP contribution in [-0.2, 0) is 15.7 Å². The number of carbonyl (C=O) groups is 1. The number of halogens is 3. The number of para-hydroxylation sites is 1. The molecule has 1 N–H and O–H groups in total. The number of H-pyrrole nitrogens is 1. The van der Waals surface area contributed by atoms with Crippen LogP contribution >= 0.6 is 0 Å². The molecule has 1 amide bonds. The number of morpholine rings is 1. The molecule has 0 saturated carbocycles. The number of rotatable bonds is 4.